The number of rotatable bonds is 5. The van der Waals surface area contributed by atoms with Crippen LogP contribution in [0.15, 0.2) is 22.0 Å². The first-order chi connectivity index (χ1) is 9.18. The van der Waals surface area contributed by atoms with Crippen molar-refractivity contribution in [2.24, 2.45) is 5.41 Å². The summed E-state index contributed by atoms with van der Waals surface area (Å²) in [6, 6.07) is 3.40. The molecule has 0 saturated carbocycles. The minimum absolute atomic E-state index is 0.0897. The first-order valence-electron chi connectivity index (χ1n) is 6.14. The third kappa shape index (κ3) is 5.88. The first-order valence-corrected chi connectivity index (χ1v) is 7.75. The van der Waals surface area contributed by atoms with Gasteiger partial charge >= 0.3 is 5.97 Å². The highest BCUT2D eigenvalue weighted by atomic mass is 79.9. The summed E-state index contributed by atoms with van der Waals surface area (Å²) >= 11 is 4.87. The Morgan fingerprint density at radius 2 is 2.10 bits per heavy atom. The molecule has 2 N–H and O–H groups in total. The largest absolute Gasteiger partial charge is 0.481 e. The van der Waals surface area contributed by atoms with Crippen LogP contribution in [0.1, 0.15) is 32.1 Å². The zero-order valence-corrected chi connectivity index (χ0v) is 14.0. The van der Waals surface area contributed by atoms with Gasteiger partial charge in [0.2, 0.25) is 5.91 Å². The van der Waals surface area contributed by atoms with E-state index in [-0.39, 0.29) is 17.7 Å². The van der Waals surface area contributed by atoms with Gasteiger partial charge in [-0.3, -0.25) is 9.59 Å². The Kier molecular flexibility index (Phi) is 5.95. The molecule has 0 aliphatic rings. The standard InChI is InChI=1S/C14H18BrNO3S/c1-14(2,3)10(8-13(18)19)16-12(17)7-5-9-4-6-11(15)20-9/h4-7,10H,8H2,1-3H3,(H,16,17)(H,18,19)/b7-5+. The van der Waals surface area contributed by atoms with E-state index < -0.39 is 12.0 Å². The van der Waals surface area contributed by atoms with Gasteiger partial charge in [0.1, 0.15) is 0 Å². The maximum atomic E-state index is 11.9. The third-order valence-corrected chi connectivity index (χ3v) is 4.32. The van der Waals surface area contributed by atoms with Gasteiger partial charge in [-0.05, 0) is 39.6 Å². The molecule has 20 heavy (non-hydrogen) atoms. The van der Waals surface area contributed by atoms with E-state index in [4.69, 9.17) is 5.11 Å². The lowest BCUT2D eigenvalue weighted by atomic mass is 9.84. The maximum absolute atomic E-state index is 11.9. The second-order valence-corrected chi connectivity index (χ2v) is 7.99. The van der Waals surface area contributed by atoms with Crippen LogP contribution in [0, 0.1) is 5.41 Å². The molecule has 0 bridgehead atoms. The van der Waals surface area contributed by atoms with Gasteiger partial charge in [-0.1, -0.05) is 20.8 Å². The van der Waals surface area contributed by atoms with Crippen LogP contribution in [0.4, 0.5) is 0 Å². The Labute approximate surface area is 131 Å². The average molecular weight is 360 g/mol. The predicted octanol–water partition coefficient (Wildman–Crippen LogP) is 3.53. The van der Waals surface area contributed by atoms with E-state index in [1.807, 2.05) is 32.9 Å². The summed E-state index contributed by atoms with van der Waals surface area (Å²) in [7, 11) is 0. The second-order valence-electron chi connectivity index (χ2n) is 5.50. The molecule has 0 spiro atoms. The molecule has 1 atom stereocenters. The Bertz CT molecular complexity index is 517. The van der Waals surface area contributed by atoms with E-state index in [1.165, 1.54) is 17.4 Å². The molecule has 1 aromatic rings. The molecule has 6 heteroatoms. The van der Waals surface area contributed by atoms with Gasteiger partial charge in [0, 0.05) is 17.0 Å². The monoisotopic (exact) mass is 359 g/mol. The van der Waals surface area contributed by atoms with Crippen molar-refractivity contribution < 1.29 is 14.7 Å². The fourth-order valence-electron chi connectivity index (χ4n) is 1.54. The molecular weight excluding hydrogens is 342 g/mol. The lowest BCUT2D eigenvalue weighted by Crippen LogP contribution is -2.44. The molecule has 0 radical (unpaired) electrons. The highest BCUT2D eigenvalue weighted by molar-refractivity contribution is 9.11. The van der Waals surface area contributed by atoms with E-state index in [1.54, 1.807) is 6.08 Å². The van der Waals surface area contributed by atoms with E-state index in [9.17, 15) is 9.59 Å². The SMILES string of the molecule is CC(C)(C)C(CC(=O)O)NC(=O)/C=C/c1ccc(Br)s1. The molecule has 0 aromatic carbocycles. The number of carboxylic acid groups (broad SMARTS) is 1. The number of hydrogen-bond acceptors (Lipinski definition) is 3. The van der Waals surface area contributed by atoms with Gasteiger partial charge in [-0.25, -0.2) is 0 Å². The number of carbonyl (C=O) groups excluding carboxylic acids is 1. The van der Waals surface area contributed by atoms with Gasteiger partial charge in [0.15, 0.2) is 0 Å². The summed E-state index contributed by atoms with van der Waals surface area (Å²) in [5.74, 6) is -1.20. The van der Waals surface area contributed by atoms with Crippen molar-refractivity contribution in [3.05, 3.63) is 26.9 Å². The van der Waals surface area contributed by atoms with Crippen LogP contribution in [-0.2, 0) is 9.59 Å². The molecule has 0 saturated heterocycles. The molecule has 1 amide bonds. The highest BCUT2D eigenvalue weighted by Crippen LogP contribution is 2.23. The van der Waals surface area contributed by atoms with E-state index in [0.29, 0.717) is 0 Å². The van der Waals surface area contributed by atoms with Crippen molar-refractivity contribution in [3.8, 4) is 0 Å². The molecule has 4 nitrogen and oxygen atoms in total. The summed E-state index contributed by atoms with van der Waals surface area (Å²) in [4.78, 5) is 23.7. The highest BCUT2D eigenvalue weighted by Gasteiger charge is 2.27. The number of hydrogen-bond donors (Lipinski definition) is 2. The molecule has 1 unspecified atom stereocenters. The topological polar surface area (TPSA) is 66.4 Å². The van der Waals surface area contributed by atoms with Crippen molar-refractivity contribution in [1.29, 1.82) is 0 Å². The van der Waals surface area contributed by atoms with Crippen LogP contribution in [0.5, 0.6) is 0 Å². The van der Waals surface area contributed by atoms with Crippen LogP contribution < -0.4 is 5.32 Å². The Hall–Kier alpha value is -1.14. The molecule has 110 valence electrons. The van der Waals surface area contributed by atoms with Crippen LogP contribution in [-0.4, -0.2) is 23.0 Å². The maximum Gasteiger partial charge on any atom is 0.305 e. The van der Waals surface area contributed by atoms with Crippen LogP contribution in [0.25, 0.3) is 6.08 Å². The molecule has 1 rings (SSSR count). The summed E-state index contributed by atoms with van der Waals surface area (Å²) in [6.45, 7) is 5.71. The summed E-state index contributed by atoms with van der Waals surface area (Å²) < 4.78 is 0.996. The van der Waals surface area contributed by atoms with Gasteiger partial charge in [-0.15, -0.1) is 11.3 Å². The van der Waals surface area contributed by atoms with Gasteiger partial charge < -0.3 is 10.4 Å². The van der Waals surface area contributed by atoms with Crippen molar-refractivity contribution in [1.82, 2.24) is 5.32 Å². The summed E-state index contributed by atoms with van der Waals surface area (Å²) in [5.41, 5.74) is -0.312. The van der Waals surface area contributed by atoms with Crippen LogP contribution in [0.2, 0.25) is 0 Å². The lowest BCUT2D eigenvalue weighted by Gasteiger charge is -2.29. The summed E-state index contributed by atoms with van der Waals surface area (Å²) in [5, 5.41) is 11.6. The second kappa shape index (κ2) is 7.04. The minimum Gasteiger partial charge on any atom is -0.481 e. The number of thiophene rings is 1. The van der Waals surface area contributed by atoms with Crippen LogP contribution >= 0.6 is 27.3 Å². The quantitative estimate of drug-likeness (QED) is 0.790. The number of carboxylic acids is 1. The fraction of sp³-hybridized carbons (Fsp3) is 0.429. The third-order valence-electron chi connectivity index (χ3n) is 2.73. The van der Waals surface area contributed by atoms with Crippen molar-refractivity contribution in [2.75, 3.05) is 0 Å². The number of carbonyl (C=O) groups is 2. The number of aliphatic carboxylic acids is 1. The normalized spacial score (nSPS) is 13.4. The predicted molar refractivity (Wildman–Crippen MR) is 84.7 cm³/mol. The van der Waals surface area contributed by atoms with Gasteiger partial charge in [0.25, 0.3) is 0 Å². The molecule has 0 aliphatic carbocycles. The summed E-state index contributed by atoms with van der Waals surface area (Å²) in [6.07, 6.45) is 3.05. The average Bonchev–Trinajstić information content (AvgIpc) is 2.70. The van der Waals surface area contributed by atoms with Crippen molar-refractivity contribution >= 4 is 45.2 Å². The molecular formula is C14H18BrNO3S. The lowest BCUT2D eigenvalue weighted by molar-refractivity contribution is -0.138. The first kappa shape index (κ1) is 16.9. The van der Waals surface area contributed by atoms with Crippen LogP contribution in [0.3, 0.4) is 0 Å². The Morgan fingerprint density at radius 1 is 1.45 bits per heavy atom. The molecule has 0 aliphatic heterocycles. The van der Waals surface area contributed by atoms with E-state index in [0.717, 1.165) is 8.66 Å². The van der Waals surface area contributed by atoms with Gasteiger partial charge in [-0.2, -0.15) is 0 Å². The zero-order valence-electron chi connectivity index (χ0n) is 11.6. The fourth-order valence-corrected chi connectivity index (χ4v) is 2.87. The Morgan fingerprint density at radius 3 is 2.55 bits per heavy atom. The molecule has 0 fully saturated rings. The van der Waals surface area contributed by atoms with Gasteiger partial charge in [0.05, 0.1) is 10.2 Å². The minimum atomic E-state index is -0.920. The van der Waals surface area contributed by atoms with Crippen molar-refractivity contribution in [2.45, 2.75) is 33.2 Å². The Balaban J connectivity index is 2.66. The molecule has 1 heterocycles. The zero-order chi connectivity index (χ0) is 15.3. The number of nitrogens with one attached hydrogen (secondary N) is 1. The number of halogens is 1. The smallest absolute Gasteiger partial charge is 0.305 e. The van der Waals surface area contributed by atoms with Crippen molar-refractivity contribution in [3.63, 3.8) is 0 Å². The van der Waals surface area contributed by atoms with E-state index >= 15 is 0 Å². The molecule has 1 aromatic heterocycles. The van der Waals surface area contributed by atoms with E-state index in [2.05, 4.69) is 21.2 Å². The number of amides is 1.